The number of hydrogen-bond acceptors (Lipinski definition) is 6. The van der Waals surface area contributed by atoms with Gasteiger partial charge in [-0.15, -0.1) is 0 Å². The van der Waals surface area contributed by atoms with E-state index in [9.17, 15) is 20.1 Å². The molecule has 5 N–H and O–H groups in total. The van der Waals surface area contributed by atoms with E-state index in [2.05, 4.69) is 21.2 Å². The average molecular weight is 362 g/mol. The minimum Gasteiger partial charge on any atom is -0.394 e. The van der Waals surface area contributed by atoms with Gasteiger partial charge < -0.3 is 30.5 Å². The minimum atomic E-state index is -1.53. The zero-order valence-electron chi connectivity index (χ0n) is 10.9. The Morgan fingerprint density at radius 2 is 2.00 bits per heavy atom. The first-order valence-electron chi connectivity index (χ1n) is 6.31. The molecule has 21 heavy (non-hydrogen) atoms. The van der Waals surface area contributed by atoms with Gasteiger partial charge in [0.1, 0.15) is 24.4 Å². The summed E-state index contributed by atoms with van der Waals surface area (Å²) in [7, 11) is 0. The Kier molecular flexibility index (Phi) is 5.31. The third kappa shape index (κ3) is 3.60. The largest absolute Gasteiger partial charge is 0.394 e. The van der Waals surface area contributed by atoms with Gasteiger partial charge in [0, 0.05) is 10.0 Å². The normalized spacial score (nSPS) is 32.7. The molecule has 1 fully saturated rings. The molecule has 1 unspecified atom stereocenters. The summed E-state index contributed by atoms with van der Waals surface area (Å²) in [5.41, 5.74) is 0.322. The lowest BCUT2D eigenvalue weighted by molar-refractivity contribution is -0.252. The van der Waals surface area contributed by atoms with E-state index >= 15 is 0 Å². The van der Waals surface area contributed by atoms with Crippen LogP contribution in [-0.2, 0) is 4.74 Å². The van der Waals surface area contributed by atoms with Crippen LogP contribution in [0.1, 0.15) is 10.4 Å². The van der Waals surface area contributed by atoms with Gasteiger partial charge >= 0.3 is 0 Å². The summed E-state index contributed by atoms with van der Waals surface area (Å²) in [6, 6.07) is 5.36. The lowest BCUT2D eigenvalue weighted by atomic mass is 9.97. The molecule has 0 spiro atoms. The van der Waals surface area contributed by atoms with E-state index in [0.29, 0.717) is 10.0 Å². The van der Waals surface area contributed by atoms with Crippen LogP contribution in [0, 0.1) is 0 Å². The van der Waals surface area contributed by atoms with E-state index in [1.165, 1.54) is 0 Å². The summed E-state index contributed by atoms with van der Waals surface area (Å²) >= 11 is 3.23. The van der Waals surface area contributed by atoms with Gasteiger partial charge in [0.15, 0.2) is 6.29 Å². The first-order chi connectivity index (χ1) is 9.93. The molecule has 5 atom stereocenters. The lowest BCUT2D eigenvalue weighted by Crippen LogP contribution is -2.64. The fourth-order valence-corrected chi connectivity index (χ4v) is 2.52. The summed E-state index contributed by atoms with van der Waals surface area (Å²) < 4.78 is 5.67. The molecule has 1 aromatic rings. The number of benzene rings is 1. The number of carbonyl (C=O) groups excluding carboxylic acids is 1. The van der Waals surface area contributed by atoms with Gasteiger partial charge in [0.2, 0.25) is 0 Å². The number of hydrogen-bond donors (Lipinski definition) is 5. The van der Waals surface area contributed by atoms with E-state index in [1.807, 2.05) is 0 Å². The molecule has 1 heterocycles. The highest BCUT2D eigenvalue weighted by Crippen LogP contribution is 2.20. The van der Waals surface area contributed by atoms with Crippen LogP contribution < -0.4 is 5.32 Å². The maximum absolute atomic E-state index is 12.1. The molecule has 0 bridgehead atoms. The van der Waals surface area contributed by atoms with Crippen molar-refractivity contribution in [2.75, 3.05) is 6.61 Å². The highest BCUT2D eigenvalue weighted by atomic mass is 79.9. The number of rotatable bonds is 3. The number of aliphatic hydroxyl groups excluding tert-OH is 4. The van der Waals surface area contributed by atoms with Gasteiger partial charge in [0.05, 0.1) is 6.61 Å². The van der Waals surface area contributed by atoms with Crippen LogP contribution in [0.4, 0.5) is 0 Å². The Morgan fingerprint density at radius 1 is 1.29 bits per heavy atom. The highest BCUT2D eigenvalue weighted by Gasteiger charge is 2.44. The van der Waals surface area contributed by atoms with Crippen molar-refractivity contribution >= 4 is 21.8 Å². The third-order valence-corrected chi connectivity index (χ3v) is 3.78. The summed E-state index contributed by atoms with van der Waals surface area (Å²) in [6.45, 7) is -0.554. The van der Waals surface area contributed by atoms with Gasteiger partial charge in [-0.25, -0.2) is 0 Å². The molecular formula is C13H16BrNO6. The SMILES string of the molecule is O=C(N[C@H]1C(O)O[C@H](CO)[C@H](O)[C@@H]1O)c1cccc(Br)c1. The van der Waals surface area contributed by atoms with E-state index < -0.39 is 43.2 Å². The molecule has 1 aliphatic rings. The van der Waals surface area contributed by atoms with Crippen molar-refractivity contribution in [3.05, 3.63) is 34.3 Å². The lowest BCUT2D eigenvalue weighted by Gasteiger charge is -2.40. The molecule has 1 saturated heterocycles. The number of halogens is 1. The Bertz CT molecular complexity index is 513. The number of carbonyl (C=O) groups is 1. The first-order valence-corrected chi connectivity index (χ1v) is 7.10. The van der Waals surface area contributed by atoms with Crippen molar-refractivity contribution < 1.29 is 30.0 Å². The van der Waals surface area contributed by atoms with Gasteiger partial charge in [0.25, 0.3) is 5.91 Å². The molecule has 0 radical (unpaired) electrons. The highest BCUT2D eigenvalue weighted by molar-refractivity contribution is 9.10. The summed E-state index contributed by atoms with van der Waals surface area (Å²) in [6.07, 6.45) is -5.50. The number of nitrogens with one attached hydrogen (secondary N) is 1. The first kappa shape index (κ1) is 16.3. The molecule has 2 rings (SSSR count). The molecule has 116 valence electrons. The maximum atomic E-state index is 12.1. The van der Waals surface area contributed by atoms with E-state index in [-0.39, 0.29) is 0 Å². The standard InChI is InChI=1S/C13H16BrNO6/c14-7-3-1-2-6(4-7)12(19)15-9-11(18)10(17)8(5-16)21-13(9)20/h1-4,8-11,13,16-18,20H,5H2,(H,15,19)/t8-,9-,10+,11-,13?/m1/s1. The number of aliphatic hydroxyl groups is 4. The third-order valence-electron chi connectivity index (χ3n) is 3.28. The Hall–Kier alpha value is -1.03. The van der Waals surface area contributed by atoms with Crippen molar-refractivity contribution in [3.63, 3.8) is 0 Å². The van der Waals surface area contributed by atoms with Gasteiger partial charge in [-0.2, -0.15) is 0 Å². The average Bonchev–Trinajstić information content (AvgIpc) is 2.47. The van der Waals surface area contributed by atoms with Crippen molar-refractivity contribution in [2.24, 2.45) is 0 Å². The molecule has 7 nitrogen and oxygen atoms in total. The monoisotopic (exact) mass is 361 g/mol. The van der Waals surface area contributed by atoms with Crippen LogP contribution >= 0.6 is 15.9 Å². The molecule has 1 aliphatic heterocycles. The summed E-state index contributed by atoms with van der Waals surface area (Å²) in [5, 5.41) is 40.8. The molecule has 0 aliphatic carbocycles. The molecule has 0 aromatic heterocycles. The van der Waals surface area contributed by atoms with Crippen LogP contribution in [0.2, 0.25) is 0 Å². The van der Waals surface area contributed by atoms with Crippen molar-refractivity contribution in [1.29, 1.82) is 0 Å². The van der Waals surface area contributed by atoms with Gasteiger partial charge in [-0.05, 0) is 18.2 Å². The van der Waals surface area contributed by atoms with Crippen molar-refractivity contribution in [1.82, 2.24) is 5.32 Å². The van der Waals surface area contributed by atoms with Crippen LogP contribution in [0.25, 0.3) is 0 Å². The number of ether oxygens (including phenoxy) is 1. The van der Waals surface area contributed by atoms with Crippen LogP contribution in [0.5, 0.6) is 0 Å². The second-order valence-electron chi connectivity index (χ2n) is 4.74. The fraction of sp³-hybridized carbons (Fsp3) is 0.462. The minimum absolute atomic E-state index is 0.322. The fourth-order valence-electron chi connectivity index (χ4n) is 2.12. The van der Waals surface area contributed by atoms with Crippen molar-refractivity contribution in [3.8, 4) is 0 Å². The zero-order valence-corrected chi connectivity index (χ0v) is 12.5. The topological polar surface area (TPSA) is 119 Å². The molecule has 1 aromatic carbocycles. The van der Waals surface area contributed by atoms with Crippen LogP contribution in [0.3, 0.4) is 0 Å². The van der Waals surface area contributed by atoms with Crippen molar-refractivity contribution in [2.45, 2.75) is 30.6 Å². The predicted molar refractivity (Wildman–Crippen MR) is 75.4 cm³/mol. The van der Waals surface area contributed by atoms with E-state index in [1.54, 1.807) is 24.3 Å². The van der Waals surface area contributed by atoms with Gasteiger partial charge in [-0.1, -0.05) is 22.0 Å². The van der Waals surface area contributed by atoms with Gasteiger partial charge in [-0.3, -0.25) is 4.79 Å². The smallest absolute Gasteiger partial charge is 0.251 e. The summed E-state index contributed by atoms with van der Waals surface area (Å²) in [5.74, 6) is -0.530. The maximum Gasteiger partial charge on any atom is 0.251 e. The van der Waals surface area contributed by atoms with E-state index in [0.717, 1.165) is 0 Å². The second-order valence-corrected chi connectivity index (χ2v) is 5.65. The second kappa shape index (κ2) is 6.82. The summed E-state index contributed by atoms with van der Waals surface area (Å²) in [4.78, 5) is 12.1. The van der Waals surface area contributed by atoms with Crippen LogP contribution in [0.15, 0.2) is 28.7 Å². The predicted octanol–water partition coefficient (Wildman–Crippen LogP) is -1.02. The quantitative estimate of drug-likeness (QED) is 0.470. The molecule has 1 amide bonds. The Labute approximate surface area is 129 Å². The van der Waals surface area contributed by atoms with Crippen LogP contribution in [-0.4, -0.2) is 63.6 Å². The molecular weight excluding hydrogens is 346 g/mol. The Morgan fingerprint density at radius 3 is 2.62 bits per heavy atom. The Balaban J connectivity index is 2.09. The number of amides is 1. The molecule has 0 saturated carbocycles. The zero-order chi connectivity index (χ0) is 15.6. The van der Waals surface area contributed by atoms with E-state index in [4.69, 9.17) is 9.84 Å². The molecule has 8 heteroatoms.